The van der Waals surface area contributed by atoms with Gasteiger partial charge in [0, 0.05) is 4.88 Å². The smallest absolute Gasteiger partial charge is 0.238 e. The van der Waals surface area contributed by atoms with Crippen molar-refractivity contribution in [3.05, 3.63) is 40.2 Å². The topological polar surface area (TPSA) is 104 Å². The fourth-order valence-electron chi connectivity index (χ4n) is 3.27. The molecule has 0 saturated carbocycles. The summed E-state index contributed by atoms with van der Waals surface area (Å²) in [7, 11) is 0. The number of anilines is 2. The van der Waals surface area contributed by atoms with Crippen molar-refractivity contribution in [2.24, 2.45) is 0 Å². The van der Waals surface area contributed by atoms with E-state index in [4.69, 9.17) is 4.42 Å². The van der Waals surface area contributed by atoms with Crippen molar-refractivity contribution in [1.29, 1.82) is 5.26 Å². The number of fused-ring (bicyclic) bond motifs is 1. The number of aromatic nitrogens is 2. The van der Waals surface area contributed by atoms with Crippen molar-refractivity contribution >= 4 is 50.5 Å². The normalized spacial score (nSPS) is 14.4. The van der Waals surface area contributed by atoms with Crippen LogP contribution in [0.2, 0.25) is 0 Å². The Labute approximate surface area is 186 Å². The van der Waals surface area contributed by atoms with Crippen LogP contribution < -0.4 is 10.6 Å². The molecule has 7 nitrogen and oxygen atoms in total. The van der Waals surface area contributed by atoms with Gasteiger partial charge in [-0.1, -0.05) is 29.5 Å². The van der Waals surface area contributed by atoms with E-state index in [1.807, 2.05) is 19.1 Å². The standard InChI is InChI=1S/C20H21N5O2S3/c1-12(28-20-25-24-19(30-20)22-11-13-6-5-9-27-13)17(26)23-18-15(10-21)14-7-3-2-4-8-16(14)29-18/h5-6,9,12H,2-4,7-8,11H2,1H3,(H,22,24)(H,23,26). The molecule has 0 spiro atoms. The van der Waals surface area contributed by atoms with E-state index in [0.29, 0.717) is 26.6 Å². The predicted octanol–water partition coefficient (Wildman–Crippen LogP) is 5.06. The average molecular weight is 460 g/mol. The van der Waals surface area contributed by atoms with Crippen molar-refractivity contribution in [3.63, 3.8) is 0 Å². The van der Waals surface area contributed by atoms with Crippen LogP contribution in [0.15, 0.2) is 27.2 Å². The molecule has 1 aliphatic carbocycles. The van der Waals surface area contributed by atoms with E-state index >= 15 is 0 Å². The third-order valence-electron chi connectivity index (χ3n) is 4.82. The summed E-state index contributed by atoms with van der Waals surface area (Å²) in [4.78, 5) is 14.0. The molecule has 0 aliphatic heterocycles. The summed E-state index contributed by atoms with van der Waals surface area (Å²) in [5.74, 6) is 0.683. The lowest BCUT2D eigenvalue weighted by molar-refractivity contribution is -0.115. The molecule has 10 heteroatoms. The number of nitrogens with one attached hydrogen (secondary N) is 2. The number of carbonyl (C=O) groups is 1. The number of nitriles is 1. The number of rotatable bonds is 7. The molecule has 1 aliphatic rings. The second kappa shape index (κ2) is 9.64. The van der Waals surface area contributed by atoms with E-state index in [-0.39, 0.29) is 11.2 Å². The average Bonchev–Trinajstić information content (AvgIpc) is 3.44. The Morgan fingerprint density at radius 1 is 1.33 bits per heavy atom. The van der Waals surface area contributed by atoms with E-state index in [0.717, 1.165) is 37.0 Å². The molecule has 3 aromatic heterocycles. The van der Waals surface area contributed by atoms with Crippen LogP contribution in [0, 0.1) is 11.3 Å². The van der Waals surface area contributed by atoms with Crippen LogP contribution in [-0.2, 0) is 24.2 Å². The highest BCUT2D eigenvalue weighted by Crippen LogP contribution is 2.37. The highest BCUT2D eigenvalue weighted by Gasteiger charge is 2.23. The number of hydrogen-bond donors (Lipinski definition) is 2. The maximum atomic E-state index is 12.7. The molecular weight excluding hydrogens is 438 g/mol. The first-order valence-electron chi connectivity index (χ1n) is 9.76. The molecule has 0 radical (unpaired) electrons. The van der Waals surface area contributed by atoms with E-state index in [1.165, 1.54) is 34.4 Å². The molecule has 30 heavy (non-hydrogen) atoms. The van der Waals surface area contributed by atoms with E-state index in [2.05, 4.69) is 26.9 Å². The summed E-state index contributed by atoms with van der Waals surface area (Å²) < 4.78 is 5.99. The lowest BCUT2D eigenvalue weighted by Gasteiger charge is -2.09. The van der Waals surface area contributed by atoms with Crippen LogP contribution in [0.3, 0.4) is 0 Å². The number of nitrogens with zero attached hydrogens (tertiary/aromatic N) is 3. The van der Waals surface area contributed by atoms with Crippen molar-refractivity contribution in [1.82, 2.24) is 10.2 Å². The Kier molecular flexibility index (Phi) is 6.72. The maximum absolute atomic E-state index is 12.7. The monoisotopic (exact) mass is 459 g/mol. The van der Waals surface area contributed by atoms with Crippen molar-refractivity contribution in [3.8, 4) is 6.07 Å². The summed E-state index contributed by atoms with van der Waals surface area (Å²) in [6, 6.07) is 6.03. The number of hydrogen-bond acceptors (Lipinski definition) is 9. The molecule has 0 aromatic carbocycles. The first-order chi connectivity index (χ1) is 14.6. The molecule has 3 heterocycles. The minimum Gasteiger partial charge on any atom is -0.467 e. The van der Waals surface area contributed by atoms with Gasteiger partial charge in [-0.25, -0.2) is 0 Å². The van der Waals surface area contributed by atoms with Gasteiger partial charge in [-0.05, 0) is 50.3 Å². The minimum atomic E-state index is -0.357. The Hall–Kier alpha value is -2.35. The van der Waals surface area contributed by atoms with Gasteiger partial charge in [0.1, 0.15) is 16.8 Å². The molecule has 1 atom stereocenters. The van der Waals surface area contributed by atoms with Crippen LogP contribution in [0.1, 0.15) is 48.0 Å². The van der Waals surface area contributed by atoms with E-state index in [9.17, 15) is 10.1 Å². The summed E-state index contributed by atoms with van der Waals surface area (Å²) in [6.07, 6.45) is 6.99. The Morgan fingerprint density at radius 3 is 3.00 bits per heavy atom. The zero-order valence-corrected chi connectivity index (χ0v) is 18.9. The van der Waals surface area contributed by atoms with Crippen LogP contribution in [0.5, 0.6) is 0 Å². The summed E-state index contributed by atoms with van der Waals surface area (Å²) in [6.45, 7) is 2.37. The van der Waals surface area contributed by atoms with Crippen molar-refractivity contribution in [2.45, 2.75) is 55.2 Å². The minimum absolute atomic E-state index is 0.131. The molecule has 3 aromatic rings. The third kappa shape index (κ3) is 4.86. The maximum Gasteiger partial charge on any atom is 0.238 e. The molecule has 2 N–H and O–H groups in total. The number of amides is 1. The number of furan rings is 1. The Balaban J connectivity index is 1.36. The Morgan fingerprint density at radius 2 is 2.20 bits per heavy atom. The zero-order chi connectivity index (χ0) is 20.9. The van der Waals surface area contributed by atoms with Gasteiger partial charge < -0.3 is 15.1 Å². The molecule has 156 valence electrons. The molecule has 4 rings (SSSR count). The lowest BCUT2D eigenvalue weighted by Crippen LogP contribution is -2.22. The van der Waals surface area contributed by atoms with Gasteiger partial charge in [-0.15, -0.1) is 21.5 Å². The summed E-state index contributed by atoms with van der Waals surface area (Å²) in [5.41, 5.74) is 1.77. The van der Waals surface area contributed by atoms with Gasteiger partial charge >= 0.3 is 0 Å². The SMILES string of the molecule is CC(Sc1nnc(NCc2ccco2)s1)C(=O)Nc1sc2c(c1C#N)CCCCC2. The number of thiophene rings is 1. The number of carbonyl (C=O) groups excluding carboxylic acids is 1. The van der Waals surface area contributed by atoms with Crippen LogP contribution >= 0.6 is 34.4 Å². The number of aryl methyl sites for hydroxylation is 1. The highest BCUT2D eigenvalue weighted by molar-refractivity contribution is 8.02. The van der Waals surface area contributed by atoms with E-state index in [1.54, 1.807) is 17.6 Å². The predicted molar refractivity (Wildman–Crippen MR) is 120 cm³/mol. The van der Waals surface area contributed by atoms with E-state index < -0.39 is 0 Å². The molecule has 1 unspecified atom stereocenters. The van der Waals surface area contributed by atoms with Gasteiger partial charge in [-0.3, -0.25) is 4.79 Å². The first-order valence-corrected chi connectivity index (χ1v) is 12.3. The van der Waals surface area contributed by atoms with Crippen LogP contribution in [-0.4, -0.2) is 21.4 Å². The Bertz CT molecular complexity index is 1050. The largest absolute Gasteiger partial charge is 0.467 e. The quantitative estimate of drug-likeness (QED) is 0.376. The fraction of sp³-hybridized carbons (Fsp3) is 0.400. The molecule has 0 saturated heterocycles. The van der Waals surface area contributed by atoms with Crippen LogP contribution in [0.4, 0.5) is 10.1 Å². The summed E-state index contributed by atoms with van der Waals surface area (Å²) >= 11 is 4.31. The van der Waals surface area contributed by atoms with Crippen molar-refractivity contribution < 1.29 is 9.21 Å². The lowest BCUT2D eigenvalue weighted by atomic mass is 10.1. The fourth-order valence-corrected chi connectivity index (χ4v) is 6.41. The van der Waals surface area contributed by atoms with Gasteiger partial charge in [0.05, 0.1) is 23.6 Å². The second-order valence-electron chi connectivity index (χ2n) is 6.94. The molecule has 1 amide bonds. The molecule has 0 bridgehead atoms. The molecule has 0 fully saturated rings. The van der Waals surface area contributed by atoms with Gasteiger partial charge in [0.2, 0.25) is 11.0 Å². The number of thioether (sulfide) groups is 1. The zero-order valence-electron chi connectivity index (χ0n) is 16.4. The highest BCUT2D eigenvalue weighted by atomic mass is 32.2. The van der Waals surface area contributed by atoms with Crippen LogP contribution in [0.25, 0.3) is 0 Å². The molecular formula is C20H21N5O2S3. The third-order valence-corrected chi connectivity index (χ3v) is 8.09. The summed E-state index contributed by atoms with van der Waals surface area (Å²) in [5, 5.41) is 25.0. The second-order valence-corrected chi connectivity index (χ2v) is 10.6. The van der Waals surface area contributed by atoms with Gasteiger partial charge in [-0.2, -0.15) is 5.26 Å². The van der Waals surface area contributed by atoms with Gasteiger partial charge in [0.15, 0.2) is 4.34 Å². The van der Waals surface area contributed by atoms with Crippen molar-refractivity contribution in [2.75, 3.05) is 10.6 Å². The first kappa shape index (κ1) is 20.9. The van der Waals surface area contributed by atoms with Gasteiger partial charge in [0.25, 0.3) is 0 Å².